The van der Waals surface area contributed by atoms with E-state index in [0.717, 1.165) is 37.3 Å². The first kappa shape index (κ1) is 16.1. The van der Waals surface area contributed by atoms with Crippen molar-refractivity contribution >= 4 is 11.6 Å². The summed E-state index contributed by atoms with van der Waals surface area (Å²) in [6.07, 6.45) is 1.98. The second kappa shape index (κ2) is 6.75. The molecule has 124 valence electrons. The molecule has 1 aromatic carbocycles. The Bertz CT molecular complexity index is 752. The van der Waals surface area contributed by atoms with E-state index < -0.39 is 0 Å². The zero-order valence-corrected chi connectivity index (χ0v) is 14.0. The van der Waals surface area contributed by atoms with Crippen LogP contribution in [0.3, 0.4) is 0 Å². The number of nitrogens with one attached hydrogen (secondary N) is 1. The molecule has 1 fully saturated rings. The largest absolute Gasteiger partial charge is 0.369 e. The van der Waals surface area contributed by atoms with Crippen LogP contribution in [0, 0.1) is 18.3 Å². The fourth-order valence-corrected chi connectivity index (χ4v) is 3.01. The number of piperidine rings is 1. The second-order valence-corrected chi connectivity index (χ2v) is 6.21. The molecule has 1 unspecified atom stereocenters. The molecule has 2 aromatic rings. The third-order valence-electron chi connectivity index (χ3n) is 4.46. The van der Waals surface area contributed by atoms with Gasteiger partial charge < -0.3 is 10.2 Å². The molecular formula is C18H21N5O. The van der Waals surface area contributed by atoms with Crippen LogP contribution < -0.4 is 10.2 Å². The lowest BCUT2D eigenvalue weighted by molar-refractivity contribution is 0.0927. The number of amides is 1. The van der Waals surface area contributed by atoms with E-state index in [9.17, 15) is 4.79 Å². The van der Waals surface area contributed by atoms with Gasteiger partial charge in [-0.2, -0.15) is 10.4 Å². The van der Waals surface area contributed by atoms with Crippen LogP contribution in [0.15, 0.2) is 30.3 Å². The van der Waals surface area contributed by atoms with Gasteiger partial charge in [-0.25, -0.2) is 0 Å². The molecule has 1 saturated heterocycles. The number of carbonyl (C=O) groups excluding carboxylic acids is 1. The molecule has 1 aliphatic rings. The van der Waals surface area contributed by atoms with Crippen LogP contribution in [-0.2, 0) is 7.05 Å². The average molecular weight is 323 g/mol. The number of hydrogen-bond acceptors (Lipinski definition) is 4. The number of hydrogen-bond donors (Lipinski definition) is 1. The van der Waals surface area contributed by atoms with Crippen LogP contribution in [-0.4, -0.2) is 34.8 Å². The van der Waals surface area contributed by atoms with Crippen LogP contribution in [0.25, 0.3) is 0 Å². The molecule has 24 heavy (non-hydrogen) atoms. The van der Waals surface area contributed by atoms with E-state index in [-0.39, 0.29) is 11.9 Å². The van der Waals surface area contributed by atoms with E-state index in [1.54, 1.807) is 10.7 Å². The Morgan fingerprint density at radius 2 is 2.12 bits per heavy atom. The van der Waals surface area contributed by atoms with Gasteiger partial charge in [-0.15, -0.1) is 0 Å². The van der Waals surface area contributed by atoms with Gasteiger partial charge in [0, 0.05) is 37.6 Å². The van der Waals surface area contributed by atoms with Gasteiger partial charge in [0.05, 0.1) is 11.6 Å². The van der Waals surface area contributed by atoms with Crippen LogP contribution in [0.1, 0.15) is 34.6 Å². The highest BCUT2D eigenvalue weighted by Gasteiger charge is 2.23. The normalized spacial score (nSPS) is 17.4. The Morgan fingerprint density at radius 3 is 2.75 bits per heavy atom. The van der Waals surface area contributed by atoms with Crippen LogP contribution in [0.2, 0.25) is 0 Å². The smallest absolute Gasteiger partial charge is 0.272 e. The number of carbonyl (C=O) groups is 1. The van der Waals surface area contributed by atoms with Crippen LogP contribution >= 0.6 is 0 Å². The zero-order valence-electron chi connectivity index (χ0n) is 14.0. The maximum atomic E-state index is 12.4. The van der Waals surface area contributed by atoms with Gasteiger partial charge in [-0.1, -0.05) is 0 Å². The molecule has 1 aliphatic heterocycles. The summed E-state index contributed by atoms with van der Waals surface area (Å²) < 4.78 is 1.71. The summed E-state index contributed by atoms with van der Waals surface area (Å²) in [5.41, 5.74) is 3.17. The Morgan fingerprint density at radius 1 is 1.38 bits per heavy atom. The SMILES string of the molecule is Cc1cc(C(=O)NC2CCCN(c3ccc(C#N)cc3)C2)nn1C. The highest BCUT2D eigenvalue weighted by atomic mass is 16.2. The zero-order chi connectivity index (χ0) is 17.1. The van der Waals surface area contributed by atoms with Gasteiger partial charge >= 0.3 is 0 Å². The van der Waals surface area contributed by atoms with Gasteiger partial charge in [-0.3, -0.25) is 9.48 Å². The van der Waals surface area contributed by atoms with Crippen molar-refractivity contribution in [2.75, 3.05) is 18.0 Å². The number of nitrogens with zero attached hydrogens (tertiary/aromatic N) is 4. The molecule has 3 rings (SSSR count). The van der Waals surface area contributed by atoms with E-state index in [4.69, 9.17) is 5.26 Å². The summed E-state index contributed by atoms with van der Waals surface area (Å²) in [5, 5.41) is 16.2. The third kappa shape index (κ3) is 3.40. The quantitative estimate of drug-likeness (QED) is 0.937. The minimum Gasteiger partial charge on any atom is -0.369 e. The number of aromatic nitrogens is 2. The van der Waals surface area contributed by atoms with Crippen LogP contribution in [0.5, 0.6) is 0 Å². The van der Waals surface area contributed by atoms with Crippen molar-refractivity contribution in [3.05, 3.63) is 47.3 Å². The Balaban J connectivity index is 1.64. The van der Waals surface area contributed by atoms with Gasteiger partial charge in [0.1, 0.15) is 5.69 Å². The molecule has 1 atom stereocenters. The van der Waals surface area contributed by atoms with E-state index in [1.165, 1.54) is 0 Å². The van der Waals surface area contributed by atoms with E-state index in [1.807, 2.05) is 38.2 Å². The van der Waals surface area contributed by atoms with Gasteiger partial charge in [0.2, 0.25) is 0 Å². The molecular weight excluding hydrogens is 302 g/mol. The molecule has 1 aromatic heterocycles. The summed E-state index contributed by atoms with van der Waals surface area (Å²) in [4.78, 5) is 14.6. The van der Waals surface area contributed by atoms with Crippen molar-refractivity contribution in [3.8, 4) is 6.07 Å². The van der Waals surface area contributed by atoms with E-state index in [0.29, 0.717) is 11.3 Å². The predicted molar refractivity (Wildman–Crippen MR) is 91.8 cm³/mol. The lowest BCUT2D eigenvalue weighted by Gasteiger charge is -2.34. The first-order chi connectivity index (χ1) is 11.6. The van der Waals surface area contributed by atoms with Gasteiger partial charge in [0.15, 0.2) is 0 Å². The molecule has 0 aliphatic carbocycles. The highest BCUT2D eigenvalue weighted by molar-refractivity contribution is 5.92. The van der Waals surface area contributed by atoms with Crippen molar-refractivity contribution in [1.29, 1.82) is 5.26 Å². The standard InChI is InChI=1S/C18H21N5O/c1-13-10-17(21-22(13)2)18(24)20-15-4-3-9-23(12-15)16-7-5-14(11-19)6-8-16/h5-8,10,15H,3-4,9,12H2,1-2H3,(H,20,24). The molecule has 2 heterocycles. The fraction of sp³-hybridized carbons (Fsp3) is 0.389. The van der Waals surface area contributed by atoms with E-state index in [2.05, 4.69) is 21.4 Å². The Hall–Kier alpha value is -2.81. The third-order valence-corrected chi connectivity index (χ3v) is 4.46. The number of rotatable bonds is 3. The fourth-order valence-electron chi connectivity index (χ4n) is 3.01. The molecule has 0 saturated carbocycles. The predicted octanol–water partition coefficient (Wildman–Crippen LogP) is 2.00. The molecule has 0 bridgehead atoms. The lowest BCUT2D eigenvalue weighted by atomic mass is 10.0. The first-order valence-corrected chi connectivity index (χ1v) is 8.13. The number of anilines is 1. The highest BCUT2D eigenvalue weighted by Crippen LogP contribution is 2.20. The maximum Gasteiger partial charge on any atom is 0.272 e. The Labute approximate surface area is 141 Å². The molecule has 1 amide bonds. The summed E-state index contributed by atoms with van der Waals surface area (Å²) >= 11 is 0. The number of benzene rings is 1. The van der Waals surface area contributed by atoms with Crippen LogP contribution in [0.4, 0.5) is 5.69 Å². The second-order valence-electron chi connectivity index (χ2n) is 6.21. The van der Waals surface area contributed by atoms with E-state index >= 15 is 0 Å². The molecule has 0 radical (unpaired) electrons. The van der Waals surface area contributed by atoms with Gasteiger partial charge in [-0.05, 0) is 50.1 Å². The molecule has 6 heteroatoms. The minimum atomic E-state index is -0.120. The average Bonchev–Trinajstić information content (AvgIpc) is 2.94. The summed E-state index contributed by atoms with van der Waals surface area (Å²) in [6.45, 7) is 3.65. The lowest BCUT2D eigenvalue weighted by Crippen LogP contribution is -2.48. The van der Waals surface area contributed by atoms with Crippen molar-refractivity contribution in [2.24, 2.45) is 7.05 Å². The number of aryl methyl sites for hydroxylation is 2. The van der Waals surface area contributed by atoms with Crippen molar-refractivity contribution in [1.82, 2.24) is 15.1 Å². The maximum absolute atomic E-state index is 12.4. The summed E-state index contributed by atoms with van der Waals surface area (Å²) in [7, 11) is 1.83. The topological polar surface area (TPSA) is 74.0 Å². The first-order valence-electron chi connectivity index (χ1n) is 8.13. The summed E-state index contributed by atoms with van der Waals surface area (Å²) in [6, 6.07) is 11.6. The molecule has 6 nitrogen and oxygen atoms in total. The Kier molecular flexibility index (Phi) is 4.52. The number of nitriles is 1. The summed E-state index contributed by atoms with van der Waals surface area (Å²) in [5.74, 6) is -0.120. The molecule has 0 spiro atoms. The monoisotopic (exact) mass is 323 g/mol. The van der Waals surface area contributed by atoms with Crippen molar-refractivity contribution < 1.29 is 4.79 Å². The minimum absolute atomic E-state index is 0.101. The molecule has 1 N–H and O–H groups in total. The van der Waals surface area contributed by atoms with Crippen molar-refractivity contribution in [3.63, 3.8) is 0 Å². The van der Waals surface area contributed by atoms with Gasteiger partial charge in [0.25, 0.3) is 5.91 Å². The van der Waals surface area contributed by atoms with Crippen molar-refractivity contribution in [2.45, 2.75) is 25.8 Å².